The highest BCUT2D eigenvalue weighted by Crippen LogP contribution is 2.28. The van der Waals surface area contributed by atoms with Gasteiger partial charge in [-0.25, -0.2) is 4.39 Å². The van der Waals surface area contributed by atoms with Crippen molar-refractivity contribution < 1.29 is 9.60 Å². The van der Waals surface area contributed by atoms with Crippen molar-refractivity contribution in [1.29, 1.82) is 0 Å². The van der Waals surface area contributed by atoms with Gasteiger partial charge in [0.05, 0.1) is 0 Å². The number of amidine groups is 1. The third kappa shape index (κ3) is 3.94. The lowest BCUT2D eigenvalue weighted by Gasteiger charge is -2.33. The molecule has 5 heteroatoms. The van der Waals surface area contributed by atoms with Crippen LogP contribution in [0.25, 0.3) is 0 Å². The third-order valence-corrected chi connectivity index (χ3v) is 4.44. The molecule has 0 spiro atoms. The zero-order valence-electron chi connectivity index (χ0n) is 12.6. The summed E-state index contributed by atoms with van der Waals surface area (Å²) in [7, 11) is 0. The van der Waals surface area contributed by atoms with Gasteiger partial charge in [-0.2, -0.15) is 0 Å². The summed E-state index contributed by atoms with van der Waals surface area (Å²) in [6.07, 6.45) is 3.60. The van der Waals surface area contributed by atoms with Crippen LogP contribution in [0, 0.1) is 17.7 Å². The van der Waals surface area contributed by atoms with Crippen LogP contribution < -0.4 is 11.1 Å². The maximum absolute atomic E-state index is 14.0. The molecule has 0 amide bonds. The van der Waals surface area contributed by atoms with E-state index >= 15 is 0 Å². The van der Waals surface area contributed by atoms with Crippen LogP contribution in [0.15, 0.2) is 23.4 Å². The molecule has 1 fully saturated rings. The molecule has 2 rings (SSSR count). The summed E-state index contributed by atoms with van der Waals surface area (Å²) in [6, 6.07) is 5.11. The molecule has 3 unspecified atom stereocenters. The van der Waals surface area contributed by atoms with Gasteiger partial charge in [0.1, 0.15) is 5.82 Å². The summed E-state index contributed by atoms with van der Waals surface area (Å²) in [5, 5.41) is 14.9. The molecule has 116 valence electrons. The van der Waals surface area contributed by atoms with Crippen LogP contribution in [0.2, 0.25) is 0 Å². The van der Waals surface area contributed by atoms with Gasteiger partial charge < -0.3 is 16.3 Å². The van der Waals surface area contributed by atoms with Gasteiger partial charge in [0, 0.05) is 23.7 Å². The highest BCUT2D eigenvalue weighted by molar-refractivity contribution is 5.97. The van der Waals surface area contributed by atoms with Crippen molar-refractivity contribution in [3.8, 4) is 0 Å². The molecule has 1 aliphatic rings. The molecule has 0 aromatic heterocycles. The van der Waals surface area contributed by atoms with Gasteiger partial charge in [-0.1, -0.05) is 31.1 Å². The molecule has 4 N–H and O–H groups in total. The predicted molar refractivity (Wildman–Crippen MR) is 81.7 cm³/mol. The van der Waals surface area contributed by atoms with E-state index < -0.39 is 0 Å². The topological polar surface area (TPSA) is 70.6 Å². The van der Waals surface area contributed by atoms with Crippen molar-refractivity contribution >= 4 is 5.84 Å². The first-order chi connectivity index (χ1) is 10.0. The van der Waals surface area contributed by atoms with Gasteiger partial charge in [-0.3, -0.25) is 0 Å². The fraction of sp³-hybridized carbons (Fsp3) is 0.562. The number of benzene rings is 1. The van der Waals surface area contributed by atoms with Crippen LogP contribution in [-0.2, 0) is 6.54 Å². The van der Waals surface area contributed by atoms with Crippen molar-refractivity contribution in [3.05, 3.63) is 35.1 Å². The molecule has 21 heavy (non-hydrogen) atoms. The quantitative estimate of drug-likeness (QED) is 0.346. The number of hydrogen-bond donors (Lipinski definition) is 3. The zero-order chi connectivity index (χ0) is 15.4. The van der Waals surface area contributed by atoms with E-state index in [0.29, 0.717) is 29.6 Å². The summed E-state index contributed by atoms with van der Waals surface area (Å²) in [5.41, 5.74) is 6.45. The first kappa shape index (κ1) is 15.8. The number of nitrogens with zero attached hydrogens (tertiary/aromatic N) is 1. The van der Waals surface area contributed by atoms with E-state index in [1.165, 1.54) is 18.9 Å². The lowest BCUT2D eigenvalue weighted by atomic mass is 9.80. The highest BCUT2D eigenvalue weighted by Gasteiger charge is 2.24. The minimum atomic E-state index is -0.330. The molecule has 3 atom stereocenters. The van der Waals surface area contributed by atoms with Crippen LogP contribution in [0.3, 0.4) is 0 Å². The normalized spacial score (nSPS) is 26.8. The fourth-order valence-corrected chi connectivity index (χ4v) is 3.12. The lowest BCUT2D eigenvalue weighted by molar-refractivity contribution is 0.226. The Hall–Kier alpha value is -1.62. The maximum Gasteiger partial charge on any atom is 0.170 e. The number of halogens is 1. The van der Waals surface area contributed by atoms with Crippen molar-refractivity contribution in [3.63, 3.8) is 0 Å². The Bertz CT molecular complexity index is 518. The van der Waals surface area contributed by atoms with Crippen molar-refractivity contribution in [2.45, 2.75) is 45.7 Å². The molecular weight excluding hydrogens is 269 g/mol. The van der Waals surface area contributed by atoms with E-state index in [-0.39, 0.29) is 11.7 Å². The van der Waals surface area contributed by atoms with E-state index in [1.807, 2.05) is 0 Å². The Morgan fingerprint density at radius 3 is 2.81 bits per heavy atom. The molecule has 4 nitrogen and oxygen atoms in total. The van der Waals surface area contributed by atoms with E-state index in [1.54, 1.807) is 12.1 Å². The smallest absolute Gasteiger partial charge is 0.170 e. The molecule has 0 heterocycles. The summed E-state index contributed by atoms with van der Waals surface area (Å²) >= 11 is 0. The van der Waals surface area contributed by atoms with E-state index in [4.69, 9.17) is 10.9 Å². The Labute approximate surface area is 125 Å². The van der Waals surface area contributed by atoms with Gasteiger partial charge in [0.2, 0.25) is 0 Å². The van der Waals surface area contributed by atoms with E-state index in [0.717, 1.165) is 12.3 Å². The van der Waals surface area contributed by atoms with Gasteiger partial charge >= 0.3 is 0 Å². The van der Waals surface area contributed by atoms with Crippen LogP contribution >= 0.6 is 0 Å². The molecule has 0 aliphatic heterocycles. The molecule has 1 aromatic carbocycles. The third-order valence-electron chi connectivity index (χ3n) is 4.44. The number of nitrogens with one attached hydrogen (secondary N) is 1. The Morgan fingerprint density at radius 2 is 2.19 bits per heavy atom. The van der Waals surface area contributed by atoms with Crippen LogP contribution in [0.1, 0.15) is 44.2 Å². The van der Waals surface area contributed by atoms with Gasteiger partial charge in [0.25, 0.3) is 0 Å². The Kier molecular flexibility index (Phi) is 5.17. The largest absolute Gasteiger partial charge is 0.409 e. The molecule has 1 aliphatic carbocycles. The number of hydrogen-bond acceptors (Lipinski definition) is 3. The highest BCUT2D eigenvalue weighted by atomic mass is 19.1. The zero-order valence-corrected chi connectivity index (χ0v) is 12.6. The van der Waals surface area contributed by atoms with E-state index in [2.05, 4.69) is 24.3 Å². The minimum Gasteiger partial charge on any atom is -0.409 e. The van der Waals surface area contributed by atoms with Crippen LogP contribution in [0.4, 0.5) is 4.39 Å². The monoisotopic (exact) mass is 293 g/mol. The van der Waals surface area contributed by atoms with Crippen molar-refractivity contribution in [1.82, 2.24) is 5.32 Å². The first-order valence-electron chi connectivity index (χ1n) is 7.51. The molecule has 0 bridgehead atoms. The van der Waals surface area contributed by atoms with Crippen molar-refractivity contribution in [2.24, 2.45) is 22.7 Å². The number of oxime groups is 1. The fourth-order valence-electron chi connectivity index (χ4n) is 3.12. The SMILES string of the molecule is CC1CCC(NCc2ccc(C(N)=NO)cc2F)C(C)C1. The predicted octanol–water partition coefficient (Wildman–Crippen LogP) is 2.83. The van der Waals surface area contributed by atoms with Crippen molar-refractivity contribution in [2.75, 3.05) is 0 Å². The summed E-state index contributed by atoms with van der Waals surface area (Å²) in [5.74, 6) is 0.995. The second kappa shape index (κ2) is 6.89. The van der Waals surface area contributed by atoms with Gasteiger partial charge in [0.15, 0.2) is 5.84 Å². The average Bonchev–Trinajstić information content (AvgIpc) is 2.46. The van der Waals surface area contributed by atoms with Gasteiger partial charge in [-0.15, -0.1) is 0 Å². The first-order valence-corrected chi connectivity index (χ1v) is 7.51. The average molecular weight is 293 g/mol. The second-order valence-electron chi connectivity index (χ2n) is 6.17. The molecule has 0 radical (unpaired) electrons. The maximum atomic E-state index is 14.0. The molecule has 1 saturated carbocycles. The minimum absolute atomic E-state index is 0.0803. The summed E-state index contributed by atoms with van der Waals surface area (Å²) in [6.45, 7) is 5.05. The lowest BCUT2D eigenvalue weighted by Crippen LogP contribution is -2.38. The standard InChI is InChI=1S/C16H24FN3O/c1-10-3-6-15(11(2)7-10)19-9-13-5-4-12(8-14(13)17)16(18)20-21/h4-5,8,10-11,15,19,21H,3,6-7,9H2,1-2H3,(H2,18,20). The Morgan fingerprint density at radius 1 is 1.43 bits per heavy atom. The van der Waals surface area contributed by atoms with Crippen LogP contribution in [0.5, 0.6) is 0 Å². The molecule has 0 saturated heterocycles. The summed E-state index contributed by atoms with van der Waals surface area (Å²) < 4.78 is 14.0. The van der Waals surface area contributed by atoms with Crippen LogP contribution in [-0.4, -0.2) is 17.1 Å². The molecular formula is C16H24FN3O. The second-order valence-corrected chi connectivity index (χ2v) is 6.17. The number of nitrogens with two attached hydrogens (primary N) is 1. The molecule has 1 aromatic rings. The van der Waals surface area contributed by atoms with Gasteiger partial charge in [-0.05, 0) is 37.2 Å². The van der Waals surface area contributed by atoms with E-state index in [9.17, 15) is 4.39 Å². The number of rotatable bonds is 4. The summed E-state index contributed by atoms with van der Waals surface area (Å²) in [4.78, 5) is 0. The Balaban J connectivity index is 1.97.